The van der Waals surface area contributed by atoms with Gasteiger partial charge < -0.3 is 9.64 Å². The number of nitrogens with zero attached hydrogens (tertiary/aromatic N) is 1. The third kappa shape index (κ3) is 3.68. The highest BCUT2D eigenvalue weighted by Gasteiger charge is 2.30. The van der Waals surface area contributed by atoms with Crippen LogP contribution in [0.5, 0.6) is 0 Å². The van der Waals surface area contributed by atoms with Crippen molar-refractivity contribution in [3.8, 4) is 0 Å². The second-order valence-corrected chi connectivity index (χ2v) is 5.03. The highest BCUT2D eigenvalue weighted by molar-refractivity contribution is 7.99. The molecule has 1 saturated heterocycles. The normalized spacial score (nSPS) is 21.3. The predicted octanol–water partition coefficient (Wildman–Crippen LogP) is 1.62. The van der Waals surface area contributed by atoms with Gasteiger partial charge in [-0.3, -0.25) is 4.79 Å². The van der Waals surface area contributed by atoms with Crippen molar-refractivity contribution in [3.63, 3.8) is 0 Å². The molecular formula is C11H21NO2S. The number of rotatable bonds is 4. The Balaban J connectivity index is 2.47. The molecular weight excluding hydrogens is 210 g/mol. The molecule has 1 heterocycles. The fraction of sp³-hybridized carbons (Fsp3) is 0.909. The first-order chi connectivity index (χ1) is 7.19. The van der Waals surface area contributed by atoms with E-state index in [0.29, 0.717) is 12.5 Å². The third-order valence-corrected chi connectivity index (χ3v) is 4.05. The van der Waals surface area contributed by atoms with E-state index in [0.717, 1.165) is 25.9 Å². The molecule has 1 aliphatic heterocycles. The van der Waals surface area contributed by atoms with Crippen molar-refractivity contribution < 1.29 is 9.53 Å². The summed E-state index contributed by atoms with van der Waals surface area (Å²) in [6, 6.07) is 0. The third-order valence-electron chi connectivity index (χ3n) is 2.96. The molecule has 0 aliphatic carbocycles. The highest BCUT2D eigenvalue weighted by Crippen LogP contribution is 2.28. The average Bonchev–Trinajstić information content (AvgIpc) is 2.22. The van der Waals surface area contributed by atoms with E-state index in [2.05, 4.69) is 11.9 Å². The molecule has 0 aromatic heterocycles. The van der Waals surface area contributed by atoms with Crippen LogP contribution in [-0.4, -0.2) is 49.1 Å². The van der Waals surface area contributed by atoms with Crippen LogP contribution in [0.25, 0.3) is 0 Å². The van der Waals surface area contributed by atoms with Crippen LogP contribution in [0.15, 0.2) is 0 Å². The van der Waals surface area contributed by atoms with Gasteiger partial charge in [0.1, 0.15) is 5.25 Å². The van der Waals surface area contributed by atoms with Crippen molar-refractivity contribution in [1.82, 2.24) is 4.90 Å². The van der Waals surface area contributed by atoms with Crippen LogP contribution in [0.3, 0.4) is 0 Å². The zero-order chi connectivity index (χ0) is 11.3. The molecule has 0 aromatic rings. The van der Waals surface area contributed by atoms with Crippen LogP contribution in [-0.2, 0) is 9.53 Å². The Bertz CT molecular complexity index is 203. The van der Waals surface area contributed by atoms with Crippen molar-refractivity contribution in [2.24, 2.45) is 5.92 Å². The first-order valence-electron chi connectivity index (χ1n) is 5.57. The average molecular weight is 231 g/mol. The van der Waals surface area contributed by atoms with Crippen LogP contribution < -0.4 is 0 Å². The number of likely N-dealkylation sites (tertiary alicyclic amines) is 1. The van der Waals surface area contributed by atoms with E-state index >= 15 is 0 Å². The Labute approximate surface area is 96.5 Å². The van der Waals surface area contributed by atoms with Crippen molar-refractivity contribution >= 4 is 17.7 Å². The SMILES string of the molecule is CCOC(=O)C(SC)C1CCN(C)CC1. The molecule has 0 bridgehead atoms. The van der Waals surface area contributed by atoms with Gasteiger partial charge in [-0.2, -0.15) is 0 Å². The summed E-state index contributed by atoms with van der Waals surface area (Å²) >= 11 is 1.63. The largest absolute Gasteiger partial charge is 0.465 e. The summed E-state index contributed by atoms with van der Waals surface area (Å²) in [5.74, 6) is 0.467. The molecule has 1 atom stereocenters. The van der Waals surface area contributed by atoms with Crippen LogP contribution in [0.2, 0.25) is 0 Å². The highest BCUT2D eigenvalue weighted by atomic mass is 32.2. The minimum Gasteiger partial charge on any atom is -0.465 e. The zero-order valence-corrected chi connectivity index (χ0v) is 10.7. The number of carbonyl (C=O) groups is 1. The van der Waals surface area contributed by atoms with E-state index in [1.165, 1.54) is 0 Å². The summed E-state index contributed by atoms with van der Waals surface area (Å²) in [6.07, 6.45) is 4.22. The Kier molecular flexibility index (Phi) is 5.47. The van der Waals surface area contributed by atoms with Gasteiger partial charge in [0.2, 0.25) is 0 Å². The van der Waals surface area contributed by atoms with Crippen molar-refractivity contribution in [3.05, 3.63) is 0 Å². The molecule has 1 rings (SSSR count). The van der Waals surface area contributed by atoms with Crippen LogP contribution in [0.4, 0.5) is 0 Å². The molecule has 1 aliphatic rings. The first-order valence-corrected chi connectivity index (χ1v) is 6.85. The molecule has 15 heavy (non-hydrogen) atoms. The molecule has 1 fully saturated rings. The van der Waals surface area contributed by atoms with Crippen LogP contribution >= 0.6 is 11.8 Å². The van der Waals surface area contributed by atoms with Gasteiger partial charge >= 0.3 is 5.97 Å². The van der Waals surface area contributed by atoms with E-state index in [1.54, 1.807) is 11.8 Å². The number of thioether (sulfide) groups is 1. The number of hydrogen-bond acceptors (Lipinski definition) is 4. The Morgan fingerprint density at radius 2 is 2.13 bits per heavy atom. The Morgan fingerprint density at radius 1 is 1.53 bits per heavy atom. The van der Waals surface area contributed by atoms with Crippen molar-refractivity contribution in [2.45, 2.75) is 25.0 Å². The first kappa shape index (κ1) is 12.8. The Hall–Kier alpha value is -0.220. The second kappa shape index (κ2) is 6.38. The standard InChI is InChI=1S/C11H21NO2S/c1-4-14-11(13)10(15-3)9-5-7-12(2)8-6-9/h9-10H,4-8H2,1-3H3. The van der Waals surface area contributed by atoms with Gasteiger partial charge in [0.25, 0.3) is 0 Å². The Morgan fingerprint density at radius 3 is 2.60 bits per heavy atom. The maximum atomic E-state index is 11.7. The summed E-state index contributed by atoms with van der Waals surface area (Å²) in [5, 5.41) is 0.0404. The zero-order valence-electron chi connectivity index (χ0n) is 9.86. The van der Waals surface area contributed by atoms with Crippen LogP contribution in [0.1, 0.15) is 19.8 Å². The lowest BCUT2D eigenvalue weighted by atomic mass is 9.93. The van der Waals surface area contributed by atoms with Gasteiger partial charge in [-0.25, -0.2) is 0 Å². The number of piperidine rings is 1. The molecule has 0 radical (unpaired) electrons. The van der Waals surface area contributed by atoms with E-state index in [4.69, 9.17) is 4.74 Å². The van der Waals surface area contributed by atoms with Gasteiger partial charge in [0.15, 0.2) is 0 Å². The number of ether oxygens (including phenoxy) is 1. The molecule has 0 aromatic carbocycles. The monoisotopic (exact) mass is 231 g/mol. The molecule has 4 heteroatoms. The fourth-order valence-corrected chi connectivity index (χ4v) is 2.95. The molecule has 88 valence electrons. The number of carbonyl (C=O) groups excluding carboxylic acids is 1. The lowest BCUT2D eigenvalue weighted by Gasteiger charge is -2.32. The van der Waals surface area contributed by atoms with Gasteiger partial charge in [-0.1, -0.05) is 0 Å². The molecule has 0 N–H and O–H groups in total. The van der Waals surface area contributed by atoms with Gasteiger partial charge in [-0.05, 0) is 52.1 Å². The molecule has 3 nitrogen and oxygen atoms in total. The van der Waals surface area contributed by atoms with Crippen molar-refractivity contribution in [1.29, 1.82) is 0 Å². The molecule has 0 saturated carbocycles. The maximum Gasteiger partial charge on any atom is 0.319 e. The van der Waals surface area contributed by atoms with Gasteiger partial charge in [-0.15, -0.1) is 11.8 Å². The lowest BCUT2D eigenvalue weighted by Crippen LogP contribution is -2.38. The predicted molar refractivity (Wildman–Crippen MR) is 64.2 cm³/mol. The summed E-state index contributed by atoms with van der Waals surface area (Å²) in [5.41, 5.74) is 0. The lowest BCUT2D eigenvalue weighted by molar-refractivity contribution is -0.143. The van der Waals surface area contributed by atoms with Gasteiger partial charge in [0.05, 0.1) is 6.61 Å². The summed E-state index contributed by atoms with van der Waals surface area (Å²) in [6.45, 7) is 4.55. The smallest absolute Gasteiger partial charge is 0.319 e. The molecule has 0 spiro atoms. The van der Waals surface area contributed by atoms with Crippen molar-refractivity contribution in [2.75, 3.05) is 33.0 Å². The molecule has 0 amide bonds. The number of esters is 1. The summed E-state index contributed by atoms with van der Waals surface area (Å²) < 4.78 is 5.10. The number of hydrogen-bond donors (Lipinski definition) is 0. The van der Waals surface area contributed by atoms with Gasteiger partial charge in [0, 0.05) is 0 Å². The summed E-state index contributed by atoms with van der Waals surface area (Å²) in [4.78, 5) is 14.0. The quantitative estimate of drug-likeness (QED) is 0.688. The van der Waals surface area contributed by atoms with Crippen LogP contribution in [0, 0.1) is 5.92 Å². The molecule has 1 unspecified atom stereocenters. The second-order valence-electron chi connectivity index (χ2n) is 4.05. The minimum absolute atomic E-state index is 0.0282. The van der Waals surface area contributed by atoms with E-state index in [9.17, 15) is 4.79 Å². The van der Waals surface area contributed by atoms with E-state index < -0.39 is 0 Å². The summed E-state index contributed by atoms with van der Waals surface area (Å²) in [7, 11) is 2.13. The topological polar surface area (TPSA) is 29.5 Å². The van der Waals surface area contributed by atoms with E-state index in [1.807, 2.05) is 13.2 Å². The fourth-order valence-electron chi connectivity index (χ4n) is 2.04. The minimum atomic E-state index is -0.0282. The maximum absolute atomic E-state index is 11.7. The van der Waals surface area contributed by atoms with E-state index in [-0.39, 0.29) is 11.2 Å².